The van der Waals surface area contributed by atoms with Gasteiger partial charge in [-0.1, -0.05) is 176 Å². The van der Waals surface area contributed by atoms with E-state index >= 15 is 0 Å². The van der Waals surface area contributed by atoms with E-state index in [1.165, 1.54) is 91.3 Å². The molecule has 63 heavy (non-hydrogen) atoms. The minimum atomic E-state index is -3.10. The van der Waals surface area contributed by atoms with E-state index in [4.69, 9.17) is 4.98 Å². The largest absolute Gasteiger partial charge is 0.309 e. The van der Waals surface area contributed by atoms with Crippen LogP contribution in [0.15, 0.2) is 237 Å². The van der Waals surface area contributed by atoms with Gasteiger partial charge in [0, 0.05) is 49.9 Å². The van der Waals surface area contributed by atoms with Crippen molar-refractivity contribution in [3.63, 3.8) is 0 Å². The molecule has 3 aromatic heterocycles. The van der Waals surface area contributed by atoms with Crippen molar-refractivity contribution in [2.75, 3.05) is 0 Å². The van der Waals surface area contributed by atoms with Crippen LogP contribution >= 0.6 is 0 Å². The van der Waals surface area contributed by atoms with Crippen LogP contribution in [-0.2, 0) is 0 Å². The number of aromatic nitrogens is 3. The molecule has 0 amide bonds. The molecule has 13 aromatic rings. The van der Waals surface area contributed by atoms with Gasteiger partial charge in [0.15, 0.2) is 8.07 Å². The first-order valence-corrected chi connectivity index (χ1v) is 23.7. The molecule has 0 N–H and O–H groups in total. The molecule has 0 fully saturated rings. The fraction of sp³-hybridized carbons (Fsp3) is 0. The Kier molecular flexibility index (Phi) is 7.93. The summed E-state index contributed by atoms with van der Waals surface area (Å²) < 4.78 is 4.90. The van der Waals surface area contributed by atoms with Gasteiger partial charge in [0.1, 0.15) is 0 Å². The first-order chi connectivity index (χ1) is 31.3. The van der Waals surface area contributed by atoms with E-state index in [-0.39, 0.29) is 0 Å². The molecular weight excluding hydrogens is 779 g/mol. The summed E-state index contributed by atoms with van der Waals surface area (Å²) in [6.07, 6.45) is 1.96. The Morgan fingerprint density at radius 2 is 0.762 bits per heavy atom. The van der Waals surface area contributed by atoms with Crippen molar-refractivity contribution in [2.45, 2.75) is 0 Å². The third kappa shape index (κ3) is 5.16. The quantitative estimate of drug-likeness (QED) is 0.0931. The summed E-state index contributed by atoms with van der Waals surface area (Å²) in [5.41, 5.74) is 8.12. The molecule has 0 aliphatic carbocycles. The molecule has 0 saturated carbocycles. The van der Waals surface area contributed by atoms with Gasteiger partial charge in [0.25, 0.3) is 0 Å². The fourth-order valence-electron chi connectivity index (χ4n) is 10.9. The van der Waals surface area contributed by atoms with Crippen molar-refractivity contribution < 1.29 is 0 Å². The molecule has 3 nitrogen and oxygen atoms in total. The number of rotatable bonds is 6. The molecule has 13 rings (SSSR count). The average Bonchev–Trinajstić information content (AvgIpc) is 3.88. The molecule has 0 atom stereocenters. The van der Waals surface area contributed by atoms with Crippen LogP contribution in [0.2, 0.25) is 0 Å². The van der Waals surface area contributed by atoms with Crippen LogP contribution in [0.4, 0.5) is 0 Å². The van der Waals surface area contributed by atoms with E-state index in [9.17, 15) is 0 Å². The maximum atomic E-state index is 5.22. The number of benzene rings is 10. The monoisotopic (exact) mass is 817 g/mol. The number of nitrogens with zero attached hydrogens (tertiary/aromatic N) is 3. The summed E-state index contributed by atoms with van der Waals surface area (Å²) in [6, 6.07) is 85.5. The molecular formula is C59H39N3Si. The van der Waals surface area contributed by atoms with Crippen molar-refractivity contribution in [1.82, 2.24) is 14.1 Å². The minimum Gasteiger partial charge on any atom is -0.309 e. The van der Waals surface area contributed by atoms with Crippen LogP contribution in [0, 0.1) is 0 Å². The molecule has 0 spiro atoms. The fourth-order valence-corrected chi connectivity index (χ4v) is 15.9. The van der Waals surface area contributed by atoms with Crippen molar-refractivity contribution in [3.05, 3.63) is 237 Å². The normalized spacial score (nSPS) is 12.1. The molecule has 3 heterocycles. The Labute approximate surface area is 365 Å². The number of hydrogen-bond acceptors (Lipinski definition) is 1. The van der Waals surface area contributed by atoms with Crippen LogP contribution < -0.4 is 20.7 Å². The molecule has 0 aliphatic heterocycles. The van der Waals surface area contributed by atoms with Gasteiger partial charge in [-0.05, 0) is 91.5 Å². The molecule has 0 radical (unpaired) electrons. The highest BCUT2D eigenvalue weighted by atomic mass is 28.3. The van der Waals surface area contributed by atoms with Gasteiger partial charge in [0.05, 0.1) is 27.6 Å². The van der Waals surface area contributed by atoms with Gasteiger partial charge in [-0.25, -0.2) is 0 Å². The lowest BCUT2D eigenvalue weighted by molar-refractivity contribution is 1.17. The Bertz CT molecular complexity index is 3780. The molecule has 0 bridgehead atoms. The molecule has 4 heteroatoms. The second kappa shape index (κ2) is 14.0. The number of fused-ring (bicyclic) bond motifs is 12. The van der Waals surface area contributed by atoms with Gasteiger partial charge in [-0.15, -0.1) is 0 Å². The van der Waals surface area contributed by atoms with Gasteiger partial charge in [0.2, 0.25) is 0 Å². The summed E-state index contributed by atoms with van der Waals surface area (Å²) in [5.74, 6) is 0. The third-order valence-corrected chi connectivity index (χ3v) is 18.3. The predicted molar refractivity (Wildman–Crippen MR) is 269 cm³/mol. The van der Waals surface area contributed by atoms with Crippen molar-refractivity contribution in [1.29, 1.82) is 0 Å². The first-order valence-electron chi connectivity index (χ1n) is 21.7. The highest BCUT2D eigenvalue weighted by Crippen LogP contribution is 2.38. The molecule has 294 valence electrons. The van der Waals surface area contributed by atoms with E-state index in [1.54, 1.807) is 0 Å². The van der Waals surface area contributed by atoms with Crippen molar-refractivity contribution in [2.24, 2.45) is 0 Å². The smallest absolute Gasteiger partial charge is 0.180 e. The summed E-state index contributed by atoms with van der Waals surface area (Å²) in [5, 5.41) is 16.4. The maximum absolute atomic E-state index is 5.22. The summed E-state index contributed by atoms with van der Waals surface area (Å²) in [7, 11) is -3.10. The molecule has 0 unspecified atom stereocenters. The second-order valence-electron chi connectivity index (χ2n) is 16.6. The Morgan fingerprint density at radius 3 is 1.40 bits per heavy atom. The van der Waals surface area contributed by atoms with Gasteiger partial charge < -0.3 is 9.13 Å². The highest BCUT2D eigenvalue weighted by Gasteiger charge is 2.43. The van der Waals surface area contributed by atoms with E-state index < -0.39 is 8.07 Å². The van der Waals surface area contributed by atoms with Crippen LogP contribution in [0.3, 0.4) is 0 Å². The summed E-state index contributed by atoms with van der Waals surface area (Å²) >= 11 is 0. The number of para-hydroxylation sites is 3. The Balaban J connectivity index is 1.11. The van der Waals surface area contributed by atoms with E-state index in [0.29, 0.717) is 0 Å². The minimum absolute atomic E-state index is 1.04. The van der Waals surface area contributed by atoms with Crippen LogP contribution in [0.5, 0.6) is 0 Å². The van der Waals surface area contributed by atoms with Crippen LogP contribution in [-0.4, -0.2) is 22.2 Å². The molecule has 0 saturated heterocycles. The zero-order valence-corrected chi connectivity index (χ0v) is 35.4. The van der Waals surface area contributed by atoms with Crippen molar-refractivity contribution in [3.8, 4) is 11.4 Å². The van der Waals surface area contributed by atoms with E-state index in [0.717, 1.165) is 16.9 Å². The SMILES string of the molecule is c1ccc([Si](c2ccccc2)(c2cccc(-n3c4ccccc4c4cc(-n5c6ccccc6c6ccccc65)ccc43)c2)c2cccc3c4ccccc4c4cccnc4c23)cc1. The second-order valence-corrected chi connectivity index (χ2v) is 20.4. The zero-order chi connectivity index (χ0) is 41.5. The summed E-state index contributed by atoms with van der Waals surface area (Å²) in [6.45, 7) is 0. The number of hydrogen-bond donors (Lipinski definition) is 0. The highest BCUT2D eigenvalue weighted by molar-refractivity contribution is 7.20. The van der Waals surface area contributed by atoms with Gasteiger partial charge >= 0.3 is 0 Å². The lowest BCUT2D eigenvalue weighted by Gasteiger charge is -2.36. The topological polar surface area (TPSA) is 22.8 Å². The van der Waals surface area contributed by atoms with Crippen molar-refractivity contribution >= 4 is 105 Å². The lowest BCUT2D eigenvalue weighted by Crippen LogP contribution is -2.75. The Hall–Kier alpha value is -8.05. The van der Waals surface area contributed by atoms with E-state index in [1.807, 2.05) is 6.20 Å². The first kappa shape index (κ1) is 35.7. The zero-order valence-electron chi connectivity index (χ0n) is 34.4. The molecule has 0 aliphatic rings. The van der Waals surface area contributed by atoms with E-state index in [2.05, 4.69) is 240 Å². The number of pyridine rings is 1. The standard InChI is InChI=1S/C59H39N3Si/c1-3-19-42(20-4-1)63(43-21-5-2-6-22-43,57-34-16-29-50-45-24-7-8-25-46(45)51-30-17-37-60-59(51)58(50)57)44-23-15-18-40(38-44)61-55-33-14-11-28-49(55)52-39-41(35-36-56(52)61)62-53-31-12-9-26-47(53)48-27-10-13-32-54(48)62/h1-39H. The average molecular weight is 818 g/mol. The lowest BCUT2D eigenvalue weighted by atomic mass is 9.97. The maximum Gasteiger partial charge on any atom is 0.180 e. The van der Waals surface area contributed by atoms with Crippen LogP contribution in [0.25, 0.3) is 87.4 Å². The van der Waals surface area contributed by atoms with Gasteiger partial charge in [-0.3, -0.25) is 4.98 Å². The summed E-state index contributed by atoms with van der Waals surface area (Å²) in [4.78, 5) is 5.22. The Morgan fingerprint density at radius 1 is 0.302 bits per heavy atom. The molecule has 10 aromatic carbocycles. The van der Waals surface area contributed by atoms with Crippen LogP contribution in [0.1, 0.15) is 0 Å². The van der Waals surface area contributed by atoms with Gasteiger partial charge in [-0.2, -0.15) is 0 Å². The predicted octanol–water partition coefficient (Wildman–Crippen LogP) is 12.1. The third-order valence-electron chi connectivity index (χ3n) is 13.5.